The number of hydrogen-bond acceptors (Lipinski definition) is 1. The van der Waals surface area contributed by atoms with Crippen molar-refractivity contribution in [1.29, 1.82) is 0 Å². The molecular formula is C12H20BrNO. The molecule has 2 aliphatic carbocycles. The topological polar surface area (TPSA) is 29.1 Å². The van der Waals surface area contributed by atoms with Crippen LogP contribution in [0.2, 0.25) is 0 Å². The van der Waals surface area contributed by atoms with E-state index in [9.17, 15) is 4.79 Å². The van der Waals surface area contributed by atoms with Gasteiger partial charge in [-0.1, -0.05) is 36.7 Å². The van der Waals surface area contributed by atoms with Crippen LogP contribution in [0.3, 0.4) is 0 Å². The van der Waals surface area contributed by atoms with Gasteiger partial charge in [0.05, 0.1) is 5.33 Å². The molecule has 2 nitrogen and oxygen atoms in total. The maximum atomic E-state index is 11.4. The summed E-state index contributed by atoms with van der Waals surface area (Å²) in [5.74, 6) is 0.924. The van der Waals surface area contributed by atoms with Crippen molar-refractivity contribution in [1.82, 2.24) is 5.32 Å². The summed E-state index contributed by atoms with van der Waals surface area (Å²) in [5, 5.41) is 3.59. The lowest BCUT2D eigenvalue weighted by Gasteiger charge is -2.39. The Balaban J connectivity index is 2.15. The van der Waals surface area contributed by atoms with Crippen molar-refractivity contribution in [2.24, 2.45) is 16.7 Å². The lowest BCUT2D eigenvalue weighted by Crippen LogP contribution is -2.47. The van der Waals surface area contributed by atoms with Gasteiger partial charge in [0.1, 0.15) is 0 Å². The minimum absolute atomic E-state index is 0.129. The molecule has 86 valence electrons. The first-order valence-corrected chi connectivity index (χ1v) is 6.89. The molecule has 0 aromatic carbocycles. The number of rotatable bonds is 2. The second-order valence-electron chi connectivity index (χ2n) is 5.86. The first kappa shape index (κ1) is 11.4. The van der Waals surface area contributed by atoms with E-state index >= 15 is 0 Å². The van der Waals surface area contributed by atoms with Crippen LogP contribution in [0, 0.1) is 16.7 Å². The normalized spacial score (nSPS) is 41.9. The van der Waals surface area contributed by atoms with Crippen LogP contribution < -0.4 is 5.32 Å². The number of fused-ring (bicyclic) bond motifs is 2. The molecule has 3 heteroatoms. The zero-order valence-electron chi connectivity index (χ0n) is 9.77. The van der Waals surface area contributed by atoms with Crippen LogP contribution in [-0.4, -0.2) is 17.3 Å². The van der Waals surface area contributed by atoms with Gasteiger partial charge in [0, 0.05) is 6.04 Å². The average molecular weight is 274 g/mol. The van der Waals surface area contributed by atoms with Crippen LogP contribution in [0.1, 0.15) is 40.0 Å². The Labute approximate surface area is 100 Å². The van der Waals surface area contributed by atoms with Crippen LogP contribution in [0.5, 0.6) is 0 Å². The van der Waals surface area contributed by atoms with Crippen molar-refractivity contribution in [2.75, 3.05) is 5.33 Å². The predicted molar refractivity (Wildman–Crippen MR) is 65.0 cm³/mol. The average Bonchev–Trinajstić information content (AvgIpc) is 2.50. The third-order valence-corrected chi connectivity index (χ3v) is 5.76. The first-order chi connectivity index (χ1) is 6.91. The van der Waals surface area contributed by atoms with Gasteiger partial charge in [-0.25, -0.2) is 0 Å². The molecule has 3 atom stereocenters. The van der Waals surface area contributed by atoms with Gasteiger partial charge in [-0.15, -0.1) is 0 Å². The number of amides is 1. The third kappa shape index (κ3) is 1.46. The highest BCUT2D eigenvalue weighted by molar-refractivity contribution is 9.09. The summed E-state index contributed by atoms with van der Waals surface area (Å²) in [6.45, 7) is 7.08. The maximum Gasteiger partial charge on any atom is 0.230 e. The van der Waals surface area contributed by atoms with Crippen molar-refractivity contribution < 1.29 is 4.79 Å². The standard InChI is InChI=1S/C12H20BrNO/c1-11(2)8-4-5-12(11,3)9(6-8)14-10(15)7-13/h8-9H,4-7H2,1-3H3,(H,14,15). The molecule has 2 bridgehead atoms. The van der Waals surface area contributed by atoms with E-state index in [1.165, 1.54) is 19.3 Å². The molecule has 1 amide bonds. The highest BCUT2D eigenvalue weighted by Crippen LogP contribution is 2.65. The monoisotopic (exact) mass is 273 g/mol. The number of halogens is 1. The minimum atomic E-state index is 0.129. The predicted octanol–water partition coefficient (Wildman–Crippen LogP) is 2.71. The largest absolute Gasteiger partial charge is 0.352 e. The van der Waals surface area contributed by atoms with Crippen LogP contribution in [0.4, 0.5) is 0 Å². The van der Waals surface area contributed by atoms with Gasteiger partial charge >= 0.3 is 0 Å². The number of alkyl halides is 1. The van der Waals surface area contributed by atoms with E-state index in [0.717, 1.165) is 5.92 Å². The van der Waals surface area contributed by atoms with Gasteiger partial charge in [-0.2, -0.15) is 0 Å². The summed E-state index contributed by atoms with van der Waals surface area (Å²) in [5.41, 5.74) is 0.687. The van der Waals surface area contributed by atoms with E-state index in [-0.39, 0.29) is 5.91 Å². The summed E-state index contributed by atoms with van der Waals surface area (Å²) >= 11 is 3.21. The molecule has 0 aliphatic heterocycles. The molecule has 0 aromatic heterocycles. The molecule has 0 spiro atoms. The zero-order chi connectivity index (χ0) is 11.3. The molecule has 0 saturated heterocycles. The van der Waals surface area contributed by atoms with Gasteiger partial charge in [0.25, 0.3) is 0 Å². The molecule has 2 fully saturated rings. The second kappa shape index (κ2) is 3.47. The maximum absolute atomic E-state index is 11.4. The third-order valence-electron chi connectivity index (χ3n) is 5.25. The molecule has 0 radical (unpaired) electrons. The Morgan fingerprint density at radius 3 is 2.53 bits per heavy atom. The molecule has 2 saturated carbocycles. The van der Waals surface area contributed by atoms with Crippen molar-refractivity contribution in [2.45, 2.75) is 46.1 Å². The highest BCUT2D eigenvalue weighted by atomic mass is 79.9. The summed E-state index contributed by atoms with van der Waals surface area (Å²) < 4.78 is 0. The van der Waals surface area contributed by atoms with Crippen LogP contribution in [0.25, 0.3) is 0 Å². The van der Waals surface area contributed by atoms with Gasteiger partial charge in [0.2, 0.25) is 5.91 Å². The van der Waals surface area contributed by atoms with Crippen molar-refractivity contribution in [3.63, 3.8) is 0 Å². The van der Waals surface area contributed by atoms with Crippen LogP contribution in [0.15, 0.2) is 0 Å². The SMILES string of the molecule is CC1(C)C2CCC1(C)C(NC(=O)CBr)C2. The van der Waals surface area contributed by atoms with E-state index in [0.29, 0.717) is 22.2 Å². The van der Waals surface area contributed by atoms with Crippen molar-refractivity contribution in [3.8, 4) is 0 Å². The number of nitrogens with one attached hydrogen (secondary N) is 1. The van der Waals surface area contributed by atoms with E-state index in [1.54, 1.807) is 0 Å². The van der Waals surface area contributed by atoms with E-state index in [1.807, 2.05) is 0 Å². The van der Waals surface area contributed by atoms with Gasteiger partial charge in [-0.05, 0) is 36.0 Å². The van der Waals surface area contributed by atoms with Gasteiger partial charge < -0.3 is 5.32 Å². The number of hydrogen-bond donors (Lipinski definition) is 1. The lowest BCUT2D eigenvalue weighted by atomic mass is 9.69. The zero-order valence-corrected chi connectivity index (χ0v) is 11.4. The number of carbonyl (C=O) groups is 1. The fourth-order valence-corrected chi connectivity index (χ4v) is 3.82. The summed E-state index contributed by atoms with van der Waals surface area (Å²) in [7, 11) is 0. The molecule has 1 N–H and O–H groups in total. The van der Waals surface area contributed by atoms with E-state index < -0.39 is 0 Å². The van der Waals surface area contributed by atoms with Gasteiger partial charge in [-0.3, -0.25) is 4.79 Å². The second-order valence-corrected chi connectivity index (χ2v) is 6.42. The summed E-state index contributed by atoms with van der Waals surface area (Å²) in [4.78, 5) is 11.4. The Morgan fingerprint density at radius 1 is 1.47 bits per heavy atom. The molecule has 15 heavy (non-hydrogen) atoms. The molecular weight excluding hydrogens is 254 g/mol. The fourth-order valence-electron chi connectivity index (χ4n) is 3.65. The van der Waals surface area contributed by atoms with Crippen LogP contribution in [-0.2, 0) is 4.79 Å². The molecule has 0 heterocycles. The van der Waals surface area contributed by atoms with Crippen molar-refractivity contribution in [3.05, 3.63) is 0 Å². The summed E-state index contributed by atoms with van der Waals surface area (Å²) in [6.07, 6.45) is 3.77. The summed E-state index contributed by atoms with van der Waals surface area (Å²) in [6, 6.07) is 0.385. The van der Waals surface area contributed by atoms with Crippen LogP contribution >= 0.6 is 15.9 Å². The smallest absolute Gasteiger partial charge is 0.230 e. The molecule has 2 rings (SSSR count). The molecule has 0 aromatic rings. The Morgan fingerprint density at radius 2 is 2.13 bits per heavy atom. The van der Waals surface area contributed by atoms with E-state index in [4.69, 9.17) is 0 Å². The molecule has 3 unspecified atom stereocenters. The Bertz CT molecular complexity index is 289. The van der Waals surface area contributed by atoms with E-state index in [2.05, 4.69) is 42.0 Å². The molecule has 2 aliphatic rings. The Kier molecular flexibility index (Phi) is 2.65. The van der Waals surface area contributed by atoms with Crippen molar-refractivity contribution >= 4 is 21.8 Å². The van der Waals surface area contributed by atoms with Gasteiger partial charge in [0.15, 0.2) is 0 Å². The fraction of sp³-hybridized carbons (Fsp3) is 0.917. The lowest BCUT2D eigenvalue weighted by molar-refractivity contribution is -0.120. The minimum Gasteiger partial charge on any atom is -0.352 e. The Hall–Kier alpha value is -0.0500. The highest BCUT2D eigenvalue weighted by Gasteiger charge is 2.61. The number of carbonyl (C=O) groups excluding carboxylic acids is 1. The first-order valence-electron chi connectivity index (χ1n) is 5.77. The quantitative estimate of drug-likeness (QED) is 0.771.